The molecule has 0 aromatic heterocycles. The Morgan fingerprint density at radius 3 is 2.55 bits per heavy atom. The summed E-state index contributed by atoms with van der Waals surface area (Å²) in [6.07, 6.45) is 0. The molecule has 0 heterocycles. The van der Waals surface area contributed by atoms with E-state index in [1.54, 1.807) is 12.1 Å². The van der Waals surface area contributed by atoms with E-state index >= 15 is 0 Å². The SMILES string of the molecule is COc1cc(C(=O)OCC(=O)Nc2ccccc2SC(F)F)cc(Cl)c1OCC(N)=O. The van der Waals surface area contributed by atoms with Crippen LogP contribution in [-0.2, 0) is 14.3 Å². The number of esters is 1. The van der Waals surface area contributed by atoms with E-state index in [4.69, 9.17) is 31.5 Å². The van der Waals surface area contributed by atoms with Gasteiger partial charge in [0.2, 0.25) is 0 Å². The molecule has 166 valence electrons. The lowest BCUT2D eigenvalue weighted by Crippen LogP contribution is -2.21. The normalized spacial score (nSPS) is 10.5. The Labute approximate surface area is 185 Å². The number of hydrogen-bond acceptors (Lipinski definition) is 7. The highest BCUT2D eigenvalue weighted by atomic mass is 35.5. The van der Waals surface area contributed by atoms with Gasteiger partial charge in [-0.25, -0.2) is 4.79 Å². The van der Waals surface area contributed by atoms with Crippen LogP contribution < -0.4 is 20.5 Å². The second-order valence-electron chi connectivity index (χ2n) is 5.74. The molecule has 0 aliphatic carbocycles. The number of methoxy groups -OCH3 is 1. The monoisotopic (exact) mass is 474 g/mol. The fourth-order valence-electron chi connectivity index (χ4n) is 2.29. The standard InChI is InChI=1S/C19H17ClF2N2O6S/c1-28-13-7-10(6-11(20)17(13)29-8-15(23)25)18(27)30-9-16(26)24-12-4-2-3-5-14(12)31-19(21)22/h2-7,19H,8-9H2,1H3,(H2,23,25)(H,24,26). The zero-order valence-corrected chi connectivity index (χ0v) is 17.6. The molecule has 8 nitrogen and oxygen atoms in total. The molecule has 0 aliphatic heterocycles. The molecule has 0 atom stereocenters. The van der Waals surface area contributed by atoms with Crippen molar-refractivity contribution in [1.82, 2.24) is 0 Å². The lowest BCUT2D eigenvalue weighted by molar-refractivity contribution is -0.120. The molecule has 2 rings (SSSR count). The van der Waals surface area contributed by atoms with Crippen LogP contribution in [0.3, 0.4) is 0 Å². The Bertz CT molecular complexity index is 976. The lowest BCUT2D eigenvalue weighted by Gasteiger charge is -2.13. The fourth-order valence-corrected chi connectivity index (χ4v) is 3.15. The first-order valence-electron chi connectivity index (χ1n) is 8.50. The van der Waals surface area contributed by atoms with E-state index < -0.39 is 36.8 Å². The van der Waals surface area contributed by atoms with Crippen LogP contribution in [0.25, 0.3) is 0 Å². The first-order chi connectivity index (χ1) is 14.7. The van der Waals surface area contributed by atoms with Crippen LogP contribution in [0, 0.1) is 0 Å². The lowest BCUT2D eigenvalue weighted by atomic mass is 10.2. The molecule has 0 spiro atoms. The van der Waals surface area contributed by atoms with Crippen molar-refractivity contribution in [3.8, 4) is 11.5 Å². The predicted octanol–water partition coefficient (Wildman–Crippen LogP) is 3.32. The highest BCUT2D eigenvalue weighted by Crippen LogP contribution is 2.36. The molecule has 0 radical (unpaired) electrons. The number of amides is 2. The number of ether oxygens (including phenoxy) is 3. The first kappa shape index (κ1) is 24.2. The predicted molar refractivity (Wildman–Crippen MR) is 110 cm³/mol. The van der Waals surface area contributed by atoms with Gasteiger partial charge in [-0.2, -0.15) is 8.78 Å². The summed E-state index contributed by atoms with van der Waals surface area (Å²) >= 11 is 6.34. The van der Waals surface area contributed by atoms with Crippen molar-refractivity contribution in [1.29, 1.82) is 0 Å². The summed E-state index contributed by atoms with van der Waals surface area (Å²) in [4.78, 5) is 35.4. The molecule has 0 bridgehead atoms. The fraction of sp³-hybridized carbons (Fsp3) is 0.211. The molecule has 3 N–H and O–H groups in total. The summed E-state index contributed by atoms with van der Waals surface area (Å²) in [6.45, 7) is -1.13. The van der Waals surface area contributed by atoms with Crippen molar-refractivity contribution in [2.75, 3.05) is 25.6 Å². The summed E-state index contributed by atoms with van der Waals surface area (Å²) in [5.41, 5.74) is 5.13. The van der Waals surface area contributed by atoms with Crippen LogP contribution >= 0.6 is 23.4 Å². The van der Waals surface area contributed by atoms with Gasteiger partial charge in [-0.3, -0.25) is 9.59 Å². The minimum absolute atomic E-state index is 0.00500. The number of primary amides is 1. The Morgan fingerprint density at radius 1 is 1.19 bits per heavy atom. The number of carbonyl (C=O) groups is 3. The zero-order valence-electron chi connectivity index (χ0n) is 16.0. The highest BCUT2D eigenvalue weighted by Gasteiger charge is 2.19. The van der Waals surface area contributed by atoms with Crippen LogP contribution in [-0.4, -0.2) is 43.9 Å². The Morgan fingerprint density at radius 2 is 1.90 bits per heavy atom. The number of anilines is 1. The number of thioether (sulfide) groups is 1. The molecule has 2 aromatic carbocycles. The third-order valence-electron chi connectivity index (χ3n) is 3.54. The van der Waals surface area contributed by atoms with Gasteiger partial charge in [0.05, 0.1) is 23.4 Å². The largest absolute Gasteiger partial charge is 0.493 e. The van der Waals surface area contributed by atoms with Crippen LogP contribution in [0.15, 0.2) is 41.3 Å². The van der Waals surface area contributed by atoms with Gasteiger partial charge in [-0.15, -0.1) is 0 Å². The third-order valence-corrected chi connectivity index (χ3v) is 4.60. The molecule has 2 amide bonds. The molecule has 12 heteroatoms. The van der Waals surface area contributed by atoms with E-state index in [0.717, 1.165) is 0 Å². The van der Waals surface area contributed by atoms with Gasteiger partial charge < -0.3 is 25.3 Å². The van der Waals surface area contributed by atoms with Crippen molar-refractivity contribution in [3.63, 3.8) is 0 Å². The van der Waals surface area contributed by atoms with Gasteiger partial charge in [-0.05, 0) is 24.3 Å². The number of benzene rings is 2. The van der Waals surface area contributed by atoms with Gasteiger partial charge in [0.25, 0.3) is 17.6 Å². The third kappa shape index (κ3) is 7.30. The van der Waals surface area contributed by atoms with Crippen molar-refractivity contribution in [3.05, 3.63) is 47.0 Å². The van der Waals surface area contributed by atoms with Crippen LogP contribution in [0.2, 0.25) is 5.02 Å². The summed E-state index contributed by atoms with van der Waals surface area (Å²) in [5, 5.41) is 2.36. The van der Waals surface area contributed by atoms with Gasteiger partial charge in [0.15, 0.2) is 24.7 Å². The summed E-state index contributed by atoms with van der Waals surface area (Å²) in [5.74, 6) is -4.97. The Balaban J connectivity index is 2.03. The molecule has 31 heavy (non-hydrogen) atoms. The molecule has 0 saturated heterocycles. The number of nitrogens with one attached hydrogen (secondary N) is 1. The number of para-hydroxylation sites is 1. The smallest absolute Gasteiger partial charge is 0.338 e. The molecular formula is C19H17ClF2N2O6S. The van der Waals surface area contributed by atoms with E-state index in [2.05, 4.69) is 5.32 Å². The maximum atomic E-state index is 12.6. The molecule has 0 unspecified atom stereocenters. The zero-order chi connectivity index (χ0) is 23.0. The van der Waals surface area contributed by atoms with Crippen molar-refractivity contribution >= 4 is 46.8 Å². The second kappa shape index (κ2) is 11.4. The van der Waals surface area contributed by atoms with E-state index in [-0.39, 0.29) is 44.4 Å². The van der Waals surface area contributed by atoms with Crippen molar-refractivity contribution < 1.29 is 37.4 Å². The van der Waals surface area contributed by atoms with E-state index in [1.165, 1.54) is 31.4 Å². The summed E-state index contributed by atoms with van der Waals surface area (Å²) in [6, 6.07) is 8.43. The average molecular weight is 475 g/mol. The molecular weight excluding hydrogens is 458 g/mol. The van der Waals surface area contributed by atoms with Crippen LogP contribution in [0.1, 0.15) is 10.4 Å². The molecule has 2 aromatic rings. The van der Waals surface area contributed by atoms with Gasteiger partial charge in [0.1, 0.15) is 0 Å². The number of halogens is 3. The van der Waals surface area contributed by atoms with Crippen molar-refractivity contribution in [2.24, 2.45) is 5.73 Å². The summed E-state index contributed by atoms with van der Waals surface area (Å²) < 4.78 is 40.4. The first-order valence-corrected chi connectivity index (χ1v) is 9.76. The van der Waals surface area contributed by atoms with Gasteiger partial charge in [-0.1, -0.05) is 35.5 Å². The highest BCUT2D eigenvalue weighted by molar-refractivity contribution is 7.99. The molecule has 0 aliphatic rings. The number of alkyl halides is 2. The van der Waals surface area contributed by atoms with E-state index in [9.17, 15) is 23.2 Å². The quantitative estimate of drug-likeness (QED) is 0.400. The summed E-state index contributed by atoms with van der Waals surface area (Å²) in [7, 11) is 1.29. The number of carbonyl (C=O) groups excluding carboxylic acids is 3. The number of nitrogens with two attached hydrogens (primary N) is 1. The topological polar surface area (TPSA) is 117 Å². The Kier molecular flexibility index (Phi) is 8.88. The van der Waals surface area contributed by atoms with Crippen LogP contribution in [0.4, 0.5) is 14.5 Å². The maximum absolute atomic E-state index is 12.6. The molecule has 0 saturated carbocycles. The minimum Gasteiger partial charge on any atom is -0.493 e. The maximum Gasteiger partial charge on any atom is 0.338 e. The number of rotatable bonds is 10. The van der Waals surface area contributed by atoms with Crippen LogP contribution in [0.5, 0.6) is 11.5 Å². The Hall–Kier alpha value is -3.05. The van der Waals surface area contributed by atoms with E-state index in [1.807, 2.05) is 0 Å². The minimum atomic E-state index is -2.66. The van der Waals surface area contributed by atoms with Crippen molar-refractivity contribution in [2.45, 2.75) is 10.7 Å². The second-order valence-corrected chi connectivity index (χ2v) is 7.18. The average Bonchev–Trinajstić information content (AvgIpc) is 2.71. The van der Waals surface area contributed by atoms with E-state index in [0.29, 0.717) is 0 Å². The number of hydrogen-bond donors (Lipinski definition) is 2. The van der Waals surface area contributed by atoms with Gasteiger partial charge in [0, 0.05) is 4.90 Å². The molecule has 0 fully saturated rings. The van der Waals surface area contributed by atoms with Gasteiger partial charge >= 0.3 is 5.97 Å².